The Balaban J connectivity index is 1.32. The van der Waals surface area contributed by atoms with Crippen LogP contribution in [-0.4, -0.2) is 54.7 Å². The summed E-state index contributed by atoms with van der Waals surface area (Å²) in [5, 5.41) is 12.7. The number of amides is 2. The highest BCUT2D eigenvalue weighted by atomic mass is 19.3. The second-order valence-corrected chi connectivity index (χ2v) is 9.53. The van der Waals surface area contributed by atoms with Gasteiger partial charge in [0.15, 0.2) is 11.5 Å². The number of halogens is 2. The van der Waals surface area contributed by atoms with E-state index in [9.17, 15) is 23.4 Å². The summed E-state index contributed by atoms with van der Waals surface area (Å²) in [6, 6.07) is 9.25. The molecule has 2 amide bonds. The van der Waals surface area contributed by atoms with Crippen molar-refractivity contribution in [2.75, 3.05) is 18.5 Å². The van der Waals surface area contributed by atoms with Gasteiger partial charge in [-0.3, -0.25) is 9.59 Å². The number of hydrogen-bond acceptors (Lipinski definition) is 6. The summed E-state index contributed by atoms with van der Waals surface area (Å²) in [5.41, 5.74) is 2.79. The highest BCUT2D eigenvalue weighted by Gasteiger charge is 2.39. The number of ether oxygens (including phenoxy) is 2. The Kier molecular flexibility index (Phi) is 6.85. The number of hydrogen-bond donors (Lipinski definition) is 2. The molecule has 0 bridgehead atoms. The van der Waals surface area contributed by atoms with Crippen LogP contribution in [0.15, 0.2) is 36.4 Å². The van der Waals surface area contributed by atoms with Crippen LogP contribution >= 0.6 is 0 Å². The third-order valence-corrected chi connectivity index (χ3v) is 6.91. The molecular formula is C25H27BF2N2O6. The van der Waals surface area contributed by atoms with Gasteiger partial charge in [-0.1, -0.05) is 12.1 Å². The van der Waals surface area contributed by atoms with Gasteiger partial charge >= 0.3 is 13.7 Å². The average molecular weight is 500 g/mol. The summed E-state index contributed by atoms with van der Waals surface area (Å²) in [6.07, 6.45) is 2.47. The van der Waals surface area contributed by atoms with E-state index >= 15 is 0 Å². The fraction of sp³-hybridized carbons (Fsp3) is 0.440. The zero-order valence-corrected chi connectivity index (χ0v) is 19.8. The van der Waals surface area contributed by atoms with Crippen molar-refractivity contribution >= 4 is 30.1 Å². The fourth-order valence-corrected chi connectivity index (χ4v) is 4.78. The van der Waals surface area contributed by atoms with E-state index in [4.69, 9.17) is 9.39 Å². The van der Waals surface area contributed by atoms with Gasteiger partial charge < -0.3 is 29.4 Å². The molecule has 1 saturated heterocycles. The van der Waals surface area contributed by atoms with Crippen molar-refractivity contribution < 1.29 is 37.5 Å². The molecule has 2 N–H and O–H groups in total. The largest absolute Gasteiger partial charge is 0.491 e. The molecule has 1 saturated carbocycles. The third-order valence-electron chi connectivity index (χ3n) is 6.91. The number of nitrogens with one attached hydrogen (secondary N) is 1. The number of carbonyl (C=O) groups excluding carboxylic acids is 2. The second-order valence-electron chi connectivity index (χ2n) is 9.53. The van der Waals surface area contributed by atoms with Crippen LogP contribution in [0.1, 0.15) is 43.2 Å². The van der Waals surface area contributed by atoms with Gasteiger partial charge in [0.05, 0.1) is 13.2 Å². The van der Waals surface area contributed by atoms with E-state index in [1.54, 1.807) is 30.3 Å². The minimum absolute atomic E-state index is 0.0316. The van der Waals surface area contributed by atoms with Crippen LogP contribution in [-0.2, 0) is 20.9 Å². The molecule has 190 valence electrons. The Hall–Kier alpha value is -3.18. The highest BCUT2D eigenvalue weighted by molar-refractivity contribution is 6.61. The van der Waals surface area contributed by atoms with Gasteiger partial charge in [0.25, 0.3) is 0 Å². The maximum absolute atomic E-state index is 13.2. The first-order valence-electron chi connectivity index (χ1n) is 12.0. The lowest BCUT2D eigenvalue weighted by Gasteiger charge is -2.22. The number of carbonyl (C=O) groups is 2. The Morgan fingerprint density at radius 3 is 2.75 bits per heavy atom. The van der Waals surface area contributed by atoms with Crippen LogP contribution in [0.2, 0.25) is 0 Å². The van der Waals surface area contributed by atoms with E-state index in [0.717, 1.165) is 24.0 Å². The molecule has 1 unspecified atom stereocenters. The standard InChI is InChI=1S/C25H27BF2N2O6/c1-14(31)30-11-17(16-4-7-22(36-25(27)28)23(10-16)34-12-15-2-3-15)9-21(30)24(32)29-19-5-6-20-18(8-19)13-35-26(20)33/h4-8,10,15,17,21,25,33H,2-3,9,11-13H2,1H3,(H,29,32)/t17?,21-/m1/s1. The summed E-state index contributed by atoms with van der Waals surface area (Å²) >= 11 is 0. The van der Waals surface area contributed by atoms with Gasteiger partial charge in [-0.2, -0.15) is 8.78 Å². The van der Waals surface area contributed by atoms with Crippen molar-refractivity contribution in [3.63, 3.8) is 0 Å². The Morgan fingerprint density at radius 1 is 1.22 bits per heavy atom. The molecular weight excluding hydrogens is 473 g/mol. The van der Waals surface area contributed by atoms with Crippen molar-refractivity contribution in [2.24, 2.45) is 5.92 Å². The molecule has 0 spiro atoms. The van der Waals surface area contributed by atoms with Crippen molar-refractivity contribution in [3.05, 3.63) is 47.5 Å². The van der Waals surface area contributed by atoms with Gasteiger partial charge in [0.2, 0.25) is 11.8 Å². The first-order valence-corrected chi connectivity index (χ1v) is 12.0. The van der Waals surface area contributed by atoms with Gasteiger partial charge in [0, 0.05) is 25.1 Å². The quantitative estimate of drug-likeness (QED) is 0.542. The Labute approximate surface area is 207 Å². The number of anilines is 1. The second kappa shape index (κ2) is 10.1. The van der Waals surface area contributed by atoms with E-state index < -0.39 is 19.8 Å². The van der Waals surface area contributed by atoms with Crippen LogP contribution in [0, 0.1) is 5.92 Å². The van der Waals surface area contributed by atoms with Crippen molar-refractivity contribution in [2.45, 2.75) is 51.4 Å². The summed E-state index contributed by atoms with van der Waals surface area (Å²) in [5.74, 6) is -0.103. The maximum atomic E-state index is 13.2. The number of rotatable bonds is 8. The molecule has 2 aromatic rings. The van der Waals surface area contributed by atoms with Crippen LogP contribution in [0.25, 0.3) is 0 Å². The number of benzene rings is 2. The molecule has 2 fully saturated rings. The molecule has 11 heteroatoms. The predicted molar refractivity (Wildman–Crippen MR) is 127 cm³/mol. The lowest BCUT2D eigenvalue weighted by atomic mass is 9.79. The molecule has 5 rings (SSSR count). The third kappa shape index (κ3) is 5.32. The first-order chi connectivity index (χ1) is 17.3. The SMILES string of the molecule is CC(=O)N1CC(c2ccc(OC(F)F)c(OCC3CC3)c2)C[C@@H]1C(=O)Nc1ccc2c(c1)COB2O. The topological polar surface area (TPSA) is 97.3 Å². The van der Waals surface area contributed by atoms with Crippen LogP contribution in [0.5, 0.6) is 11.5 Å². The number of fused-ring (bicyclic) bond motifs is 1. The lowest BCUT2D eigenvalue weighted by molar-refractivity contribution is -0.134. The summed E-state index contributed by atoms with van der Waals surface area (Å²) in [6.45, 7) is -0.557. The molecule has 2 aromatic carbocycles. The molecule has 0 radical (unpaired) electrons. The molecule has 2 heterocycles. The van der Waals surface area contributed by atoms with E-state index in [1.807, 2.05) is 0 Å². The first kappa shape index (κ1) is 24.5. The Morgan fingerprint density at radius 2 is 2.03 bits per heavy atom. The Bertz CT molecular complexity index is 1160. The van der Waals surface area contributed by atoms with Gasteiger partial charge in [-0.05, 0) is 66.0 Å². The molecule has 0 aromatic heterocycles. The van der Waals surface area contributed by atoms with E-state index in [1.165, 1.54) is 17.9 Å². The van der Waals surface area contributed by atoms with Crippen molar-refractivity contribution in [3.8, 4) is 11.5 Å². The smallest absolute Gasteiger partial charge is 0.489 e. The number of alkyl halides is 2. The van der Waals surface area contributed by atoms with Gasteiger partial charge in [0.1, 0.15) is 6.04 Å². The zero-order valence-electron chi connectivity index (χ0n) is 19.8. The van der Waals surface area contributed by atoms with E-state index in [-0.39, 0.29) is 35.8 Å². The van der Waals surface area contributed by atoms with Crippen molar-refractivity contribution in [1.82, 2.24) is 4.90 Å². The molecule has 2 aliphatic heterocycles. The minimum atomic E-state index is -2.97. The van der Waals surface area contributed by atoms with Crippen LogP contribution in [0.3, 0.4) is 0 Å². The summed E-state index contributed by atoms with van der Waals surface area (Å²) in [4.78, 5) is 27.1. The minimum Gasteiger partial charge on any atom is -0.489 e. The maximum Gasteiger partial charge on any atom is 0.491 e. The van der Waals surface area contributed by atoms with Gasteiger partial charge in [-0.15, -0.1) is 0 Å². The number of nitrogens with zero attached hydrogens (tertiary/aromatic N) is 1. The zero-order chi connectivity index (χ0) is 25.4. The highest BCUT2D eigenvalue weighted by Crippen LogP contribution is 2.39. The predicted octanol–water partition coefficient (Wildman–Crippen LogP) is 2.64. The molecule has 8 nitrogen and oxygen atoms in total. The normalized spacial score (nSPS) is 21.0. The fourth-order valence-electron chi connectivity index (χ4n) is 4.78. The van der Waals surface area contributed by atoms with Crippen LogP contribution < -0.4 is 20.3 Å². The van der Waals surface area contributed by atoms with E-state index in [0.29, 0.717) is 36.6 Å². The summed E-state index contributed by atoms with van der Waals surface area (Å²) in [7, 11) is -0.968. The average Bonchev–Trinajstić information content (AvgIpc) is 3.44. The van der Waals surface area contributed by atoms with Crippen LogP contribution in [0.4, 0.5) is 14.5 Å². The monoisotopic (exact) mass is 500 g/mol. The molecule has 1 aliphatic carbocycles. The number of likely N-dealkylation sites (tertiary alicyclic amines) is 1. The van der Waals surface area contributed by atoms with Crippen molar-refractivity contribution in [1.29, 1.82) is 0 Å². The molecule has 2 atom stereocenters. The lowest BCUT2D eigenvalue weighted by Crippen LogP contribution is -2.42. The summed E-state index contributed by atoms with van der Waals surface area (Å²) < 4.78 is 41.4. The molecule has 36 heavy (non-hydrogen) atoms. The van der Waals surface area contributed by atoms with Gasteiger partial charge in [-0.25, -0.2) is 0 Å². The molecule has 3 aliphatic rings. The van der Waals surface area contributed by atoms with E-state index in [2.05, 4.69) is 10.1 Å².